The number of benzene rings is 2. The van der Waals surface area contributed by atoms with Crippen molar-refractivity contribution in [1.29, 1.82) is 0 Å². The molecular weight excluding hydrogens is 388 g/mol. The monoisotopic (exact) mass is 409 g/mol. The average molecular weight is 410 g/mol. The first-order valence-corrected chi connectivity index (χ1v) is 9.28. The summed E-state index contributed by atoms with van der Waals surface area (Å²) in [7, 11) is 0. The summed E-state index contributed by atoms with van der Waals surface area (Å²) in [6.45, 7) is 2.02. The van der Waals surface area contributed by atoms with Crippen molar-refractivity contribution in [2.24, 2.45) is 16.5 Å². The van der Waals surface area contributed by atoms with Crippen LogP contribution in [0.25, 0.3) is 0 Å². The minimum Gasteiger partial charge on any atom is -0.505 e. The molecule has 0 fully saturated rings. The number of phenolic OH excluding ortho intramolecular Hbond substituents is 1. The standard InChI is InChI=1S/C20H22Cl2FN3O/c1-2-3-17(24)18(25)11-14(8-12-4-7-20(27)16(23)9-12)26-19-6-5-13(21)10-15(19)22/h4-7,9-11,17,27H,2-3,8,24-25H2,1H3. The van der Waals surface area contributed by atoms with Crippen LogP contribution < -0.4 is 11.5 Å². The average Bonchev–Trinajstić information content (AvgIpc) is 2.60. The van der Waals surface area contributed by atoms with Gasteiger partial charge in [0.25, 0.3) is 0 Å². The van der Waals surface area contributed by atoms with Gasteiger partial charge in [-0.2, -0.15) is 0 Å². The zero-order valence-corrected chi connectivity index (χ0v) is 16.4. The predicted molar refractivity (Wildman–Crippen MR) is 110 cm³/mol. The SMILES string of the molecule is CCCC(N)C(N)=CC(Cc1ccc(O)c(F)c1)=Nc1ccc(Cl)cc1Cl. The van der Waals surface area contributed by atoms with Gasteiger partial charge >= 0.3 is 0 Å². The van der Waals surface area contributed by atoms with Crippen molar-refractivity contribution >= 4 is 34.6 Å². The van der Waals surface area contributed by atoms with Gasteiger partial charge in [-0.05, 0) is 48.4 Å². The highest BCUT2D eigenvalue weighted by Gasteiger charge is 2.10. The van der Waals surface area contributed by atoms with Crippen molar-refractivity contribution in [2.45, 2.75) is 32.2 Å². The molecule has 0 saturated carbocycles. The fraction of sp³-hybridized carbons (Fsp3) is 0.250. The smallest absolute Gasteiger partial charge is 0.165 e. The minimum atomic E-state index is -0.698. The lowest BCUT2D eigenvalue weighted by Gasteiger charge is -2.12. The van der Waals surface area contributed by atoms with Gasteiger partial charge in [0.2, 0.25) is 0 Å². The second kappa shape index (κ2) is 9.74. The first-order chi connectivity index (χ1) is 12.8. The molecule has 7 heteroatoms. The Morgan fingerprint density at radius 3 is 2.63 bits per heavy atom. The quantitative estimate of drug-likeness (QED) is 0.554. The van der Waals surface area contributed by atoms with Crippen molar-refractivity contribution in [3.05, 3.63) is 69.6 Å². The Morgan fingerprint density at radius 1 is 1.26 bits per heavy atom. The number of nitrogens with two attached hydrogens (primary N) is 2. The highest BCUT2D eigenvalue weighted by Crippen LogP contribution is 2.28. The molecule has 0 spiro atoms. The number of phenols is 1. The number of rotatable bonds is 7. The molecular formula is C20H22Cl2FN3O. The normalized spacial score (nSPS) is 13.7. The zero-order chi connectivity index (χ0) is 20.0. The second-order valence-electron chi connectivity index (χ2n) is 6.20. The van der Waals surface area contributed by atoms with Crippen LogP contribution in [-0.4, -0.2) is 16.9 Å². The maximum atomic E-state index is 13.7. The molecule has 0 radical (unpaired) electrons. The molecule has 0 bridgehead atoms. The van der Waals surface area contributed by atoms with Crippen LogP contribution in [0, 0.1) is 5.82 Å². The Labute approximate surface area is 168 Å². The van der Waals surface area contributed by atoms with Crippen LogP contribution in [0.5, 0.6) is 5.75 Å². The van der Waals surface area contributed by atoms with E-state index in [-0.39, 0.29) is 12.5 Å². The van der Waals surface area contributed by atoms with E-state index in [4.69, 9.17) is 34.7 Å². The van der Waals surface area contributed by atoms with E-state index in [0.29, 0.717) is 32.7 Å². The number of aromatic hydroxyl groups is 1. The van der Waals surface area contributed by atoms with Gasteiger partial charge in [-0.25, -0.2) is 4.39 Å². The van der Waals surface area contributed by atoms with Gasteiger partial charge in [-0.3, -0.25) is 4.99 Å². The third kappa shape index (κ3) is 6.24. The topological polar surface area (TPSA) is 84.6 Å². The molecule has 4 nitrogen and oxygen atoms in total. The molecule has 0 aromatic heterocycles. The number of hydrogen-bond donors (Lipinski definition) is 3. The summed E-state index contributed by atoms with van der Waals surface area (Å²) >= 11 is 12.1. The van der Waals surface area contributed by atoms with Gasteiger partial charge in [0.1, 0.15) is 0 Å². The molecule has 2 aromatic rings. The Kier molecular flexibility index (Phi) is 7.66. The van der Waals surface area contributed by atoms with E-state index in [1.54, 1.807) is 30.3 Å². The molecule has 0 heterocycles. The van der Waals surface area contributed by atoms with Crippen molar-refractivity contribution in [1.82, 2.24) is 0 Å². The zero-order valence-electron chi connectivity index (χ0n) is 14.9. The summed E-state index contributed by atoms with van der Waals surface area (Å²) < 4.78 is 13.7. The van der Waals surface area contributed by atoms with E-state index in [1.165, 1.54) is 12.1 Å². The van der Waals surface area contributed by atoms with E-state index in [1.807, 2.05) is 6.92 Å². The highest BCUT2D eigenvalue weighted by molar-refractivity contribution is 6.36. The molecule has 144 valence electrons. The summed E-state index contributed by atoms with van der Waals surface area (Å²) in [4.78, 5) is 4.56. The molecule has 2 rings (SSSR count). The number of halogens is 3. The van der Waals surface area contributed by atoms with Crippen LogP contribution >= 0.6 is 23.2 Å². The maximum absolute atomic E-state index is 13.7. The molecule has 2 aromatic carbocycles. The van der Waals surface area contributed by atoms with Crippen LogP contribution in [0.3, 0.4) is 0 Å². The lowest BCUT2D eigenvalue weighted by Crippen LogP contribution is -2.28. The molecule has 5 N–H and O–H groups in total. The van der Waals surface area contributed by atoms with Gasteiger partial charge < -0.3 is 16.6 Å². The molecule has 27 heavy (non-hydrogen) atoms. The van der Waals surface area contributed by atoms with E-state index < -0.39 is 11.6 Å². The fourth-order valence-corrected chi connectivity index (χ4v) is 2.95. The number of aliphatic imine (C=N–C) groups is 1. The van der Waals surface area contributed by atoms with Gasteiger partial charge in [0.05, 0.1) is 10.7 Å². The first-order valence-electron chi connectivity index (χ1n) is 8.52. The van der Waals surface area contributed by atoms with Crippen molar-refractivity contribution < 1.29 is 9.50 Å². The first kappa shape index (κ1) is 21.2. The Hall–Kier alpha value is -2.08. The lowest BCUT2D eigenvalue weighted by atomic mass is 10.0. The summed E-state index contributed by atoms with van der Waals surface area (Å²) in [5.41, 5.74) is 14.4. The minimum absolute atomic E-state index is 0.287. The Bertz CT molecular complexity index is 868. The van der Waals surface area contributed by atoms with E-state index >= 15 is 0 Å². The molecule has 0 aliphatic carbocycles. The molecule has 0 saturated heterocycles. The molecule has 0 aliphatic heterocycles. The van der Waals surface area contributed by atoms with Crippen LogP contribution in [0.15, 0.2) is 53.2 Å². The molecule has 0 amide bonds. The van der Waals surface area contributed by atoms with Crippen LogP contribution in [0.4, 0.5) is 10.1 Å². The van der Waals surface area contributed by atoms with Crippen LogP contribution in [0.1, 0.15) is 25.3 Å². The fourth-order valence-electron chi connectivity index (χ4n) is 2.50. The van der Waals surface area contributed by atoms with E-state index in [9.17, 15) is 9.50 Å². The number of hydrogen-bond acceptors (Lipinski definition) is 4. The van der Waals surface area contributed by atoms with Gasteiger partial charge in [-0.15, -0.1) is 0 Å². The third-order valence-electron chi connectivity index (χ3n) is 3.93. The number of nitrogens with zero attached hydrogens (tertiary/aromatic N) is 1. The van der Waals surface area contributed by atoms with E-state index in [2.05, 4.69) is 4.99 Å². The number of allylic oxidation sites excluding steroid dienone is 1. The van der Waals surface area contributed by atoms with Crippen LogP contribution in [0.2, 0.25) is 10.0 Å². The molecule has 1 unspecified atom stereocenters. The summed E-state index contributed by atoms with van der Waals surface area (Å²) in [5.74, 6) is -1.10. The summed E-state index contributed by atoms with van der Waals surface area (Å²) in [5, 5.41) is 10.3. The van der Waals surface area contributed by atoms with Crippen molar-refractivity contribution in [3.8, 4) is 5.75 Å². The maximum Gasteiger partial charge on any atom is 0.165 e. The van der Waals surface area contributed by atoms with Crippen LogP contribution in [-0.2, 0) is 6.42 Å². The summed E-state index contributed by atoms with van der Waals surface area (Å²) in [6, 6.07) is 8.84. The lowest BCUT2D eigenvalue weighted by molar-refractivity contribution is 0.432. The van der Waals surface area contributed by atoms with Gasteiger partial charge in [0.15, 0.2) is 11.6 Å². The molecule has 0 aliphatic rings. The Morgan fingerprint density at radius 2 is 2.00 bits per heavy atom. The van der Waals surface area contributed by atoms with E-state index in [0.717, 1.165) is 12.8 Å². The Balaban J connectivity index is 2.42. The van der Waals surface area contributed by atoms with Gasteiger partial charge in [-0.1, -0.05) is 42.6 Å². The predicted octanol–water partition coefficient (Wildman–Crippen LogP) is 5.12. The van der Waals surface area contributed by atoms with Gasteiger partial charge in [0, 0.05) is 28.9 Å². The second-order valence-corrected chi connectivity index (χ2v) is 7.04. The van der Waals surface area contributed by atoms with Crippen molar-refractivity contribution in [2.75, 3.05) is 0 Å². The molecule has 1 atom stereocenters. The highest BCUT2D eigenvalue weighted by atomic mass is 35.5. The third-order valence-corrected chi connectivity index (χ3v) is 4.47. The largest absolute Gasteiger partial charge is 0.505 e. The van der Waals surface area contributed by atoms with Crippen molar-refractivity contribution in [3.63, 3.8) is 0 Å². The summed E-state index contributed by atoms with van der Waals surface area (Å²) in [6.07, 6.45) is 3.62.